The zero-order chi connectivity index (χ0) is 23.5. The van der Waals surface area contributed by atoms with E-state index in [1.165, 1.54) is 30.7 Å². The molecule has 1 aromatic carbocycles. The van der Waals surface area contributed by atoms with Crippen LogP contribution in [0.25, 0.3) is 0 Å². The van der Waals surface area contributed by atoms with Crippen LogP contribution in [0.15, 0.2) is 24.3 Å². The number of hydrogen-bond donors (Lipinski definition) is 4. The number of benzene rings is 1. The SMILES string of the molecule is [2H]C([2H])(NC(C)(C)C)C([2H])(O)C([2H])([2H])Oc1ccc(NC(=O)NC2CCCCC2)cc1. The molecule has 0 aliphatic heterocycles. The lowest BCUT2D eigenvalue weighted by molar-refractivity contribution is 0.100. The zero-order valence-electron chi connectivity index (χ0n) is 20.7. The molecular weight excluding hydrogens is 330 g/mol. The summed E-state index contributed by atoms with van der Waals surface area (Å²) in [7, 11) is 0. The lowest BCUT2D eigenvalue weighted by Crippen LogP contribution is -2.42. The van der Waals surface area contributed by atoms with Crippen LogP contribution in [0, 0.1) is 0 Å². The normalized spacial score (nSPS) is 21.9. The van der Waals surface area contributed by atoms with Gasteiger partial charge in [-0.1, -0.05) is 19.3 Å². The number of β-amino-alcohol motifs (C(OH)–C–C–N with tert-alkyl or cyclic N) is 1. The van der Waals surface area contributed by atoms with Crippen molar-refractivity contribution >= 4 is 11.7 Å². The maximum Gasteiger partial charge on any atom is 0.319 e. The van der Waals surface area contributed by atoms with Crippen LogP contribution in [-0.2, 0) is 0 Å². The Kier molecular flexibility index (Phi) is 5.38. The van der Waals surface area contributed by atoms with E-state index >= 15 is 0 Å². The predicted octanol–water partition coefficient (Wildman–Crippen LogP) is 3.27. The molecule has 2 amide bonds. The second kappa shape index (κ2) is 9.78. The van der Waals surface area contributed by atoms with E-state index in [9.17, 15) is 9.90 Å². The van der Waals surface area contributed by atoms with Gasteiger partial charge in [-0.05, 0) is 57.9 Å². The van der Waals surface area contributed by atoms with Crippen molar-refractivity contribution in [3.8, 4) is 5.75 Å². The van der Waals surface area contributed by atoms with E-state index in [0.717, 1.165) is 25.7 Å². The Morgan fingerprint density at radius 2 is 1.96 bits per heavy atom. The van der Waals surface area contributed by atoms with Gasteiger partial charge in [-0.2, -0.15) is 0 Å². The first-order chi connectivity index (χ1) is 14.1. The van der Waals surface area contributed by atoms with Gasteiger partial charge in [-0.25, -0.2) is 4.79 Å². The fourth-order valence-electron chi connectivity index (χ4n) is 2.59. The van der Waals surface area contributed by atoms with Gasteiger partial charge in [0.1, 0.15) is 18.4 Å². The molecule has 0 radical (unpaired) electrons. The summed E-state index contributed by atoms with van der Waals surface area (Å²) in [4.78, 5) is 12.1. The molecule has 1 saturated carbocycles. The van der Waals surface area contributed by atoms with Gasteiger partial charge in [0.25, 0.3) is 0 Å². The molecule has 146 valence electrons. The van der Waals surface area contributed by atoms with Gasteiger partial charge >= 0.3 is 6.03 Å². The number of carbonyl (C=O) groups excluding carboxylic acids is 1. The number of hydrogen-bond acceptors (Lipinski definition) is 4. The maximum atomic E-state index is 12.1. The van der Waals surface area contributed by atoms with Crippen LogP contribution in [-0.4, -0.2) is 41.9 Å². The first-order valence-electron chi connectivity index (χ1n) is 11.5. The highest BCUT2D eigenvalue weighted by atomic mass is 16.5. The monoisotopic (exact) mass is 368 g/mol. The Morgan fingerprint density at radius 1 is 1.31 bits per heavy atom. The molecule has 6 nitrogen and oxygen atoms in total. The van der Waals surface area contributed by atoms with Crippen LogP contribution in [0.4, 0.5) is 10.5 Å². The molecular formula is C20H33N3O3. The summed E-state index contributed by atoms with van der Waals surface area (Å²) in [5.74, 6) is -0.0273. The number of rotatable bonds is 7. The summed E-state index contributed by atoms with van der Waals surface area (Å²) < 4.78 is 45.0. The van der Waals surface area contributed by atoms with Crippen LogP contribution < -0.4 is 20.7 Å². The number of ether oxygens (including phenoxy) is 1. The van der Waals surface area contributed by atoms with Crippen molar-refractivity contribution in [2.24, 2.45) is 0 Å². The Bertz CT molecular complexity index is 745. The molecule has 0 saturated heterocycles. The van der Waals surface area contributed by atoms with E-state index in [-0.39, 0.29) is 17.8 Å². The van der Waals surface area contributed by atoms with E-state index in [0.29, 0.717) is 5.69 Å². The average molecular weight is 369 g/mol. The van der Waals surface area contributed by atoms with Gasteiger partial charge in [-0.15, -0.1) is 0 Å². The van der Waals surface area contributed by atoms with Crippen molar-refractivity contribution in [2.45, 2.75) is 70.5 Å². The second-order valence-electron chi connectivity index (χ2n) is 7.51. The summed E-state index contributed by atoms with van der Waals surface area (Å²) in [5.41, 5.74) is -0.354. The molecule has 0 aromatic heterocycles. The van der Waals surface area contributed by atoms with E-state index < -0.39 is 24.7 Å². The quantitative estimate of drug-likeness (QED) is 0.595. The minimum Gasteiger partial charge on any atom is -0.491 e. The first kappa shape index (κ1) is 14.3. The summed E-state index contributed by atoms with van der Waals surface area (Å²) in [6.07, 6.45) is 2.06. The summed E-state index contributed by atoms with van der Waals surface area (Å²) in [6.45, 7) is -0.996. The first-order valence-corrected chi connectivity index (χ1v) is 9.01. The standard InChI is InChI=1S/C20H33N3O3/c1-20(2,3)21-13-17(24)14-26-18-11-9-16(10-12-18)23-19(25)22-15-7-5-4-6-8-15/h9-12,15,17,21,24H,4-8,13-14H2,1-3H3,(H2,22,23,25)/i13D2,14D2,17D. The third kappa shape index (κ3) is 8.06. The van der Waals surface area contributed by atoms with E-state index in [4.69, 9.17) is 11.6 Å². The molecule has 1 fully saturated rings. The van der Waals surface area contributed by atoms with Crippen molar-refractivity contribution in [1.82, 2.24) is 10.6 Å². The van der Waals surface area contributed by atoms with Gasteiger partial charge < -0.3 is 25.8 Å². The summed E-state index contributed by atoms with van der Waals surface area (Å²) in [6, 6.07) is 5.58. The number of anilines is 1. The van der Waals surface area contributed by atoms with Crippen LogP contribution in [0.1, 0.15) is 59.7 Å². The minimum absolute atomic E-state index is 0.0273. The molecule has 1 atom stereocenters. The lowest BCUT2D eigenvalue weighted by Gasteiger charge is -2.23. The molecule has 0 heterocycles. The molecule has 1 aliphatic carbocycles. The molecule has 2 rings (SSSR count). The topological polar surface area (TPSA) is 82.6 Å². The number of urea groups is 1. The van der Waals surface area contributed by atoms with Crippen molar-refractivity contribution in [2.75, 3.05) is 18.4 Å². The molecule has 1 aliphatic rings. The molecule has 1 unspecified atom stereocenters. The molecule has 26 heavy (non-hydrogen) atoms. The maximum absolute atomic E-state index is 12.1. The van der Waals surface area contributed by atoms with Gasteiger partial charge in [0.15, 0.2) is 0 Å². The number of carbonyl (C=O) groups is 1. The van der Waals surface area contributed by atoms with Gasteiger partial charge in [0.2, 0.25) is 0 Å². The Hall–Kier alpha value is -1.79. The van der Waals surface area contributed by atoms with E-state index in [2.05, 4.69) is 16.0 Å². The smallest absolute Gasteiger partial charge is 0.319 e. The Balaban J connectivity index is 2.01. The van der Waals surface area contributed by atoms with Gasteiger partial charge in [0, 0.05) is 26.5 Å². The molecule has 1 aromatic rings. The molecule has 0 spiro atoms. The largest absolute Gasteiger partial charge is 0.491 e. The highest BCUT2D eigenvalue weighted by Gasteiger charge is 2.16. The Labute approximate surface area is 163 Å². The highest BCUT2D eigenvalue weighted by Crippen LogP contribution is 2.18. The van der Waals surface area contributed by atoms with Crippen molar-refractivity contribution in [3.05, 3.63) is 24.3 Å². The van der Waals surface area contributed by atoms with Crippen molar-refractivity contribution in [3.63, 3.8) is 0 Å². The fourth-order valence-corrected chi connectivity index (χ4v) is 2.59. The minimum atomic E-state index is -3.26. The fraction of sp³-hybridized carbons (Fsp3) is 0.650. The number of amides is 2. The molecule has 4 N–H and O–H groups in total. The third-order valence-electron chi connectivity index (χ3n) is 3.87. The summed E-state index contributed by atoms with van der Waals surface area (Å²) >= 11 is 0. The van der Waals surface area contributed by atoms with Crippen LogP contribution in [0.3, 0.4) is 0 Å². The van der Waals surface area contributed by atoms with Crippen molar-refractivity contribution < 1.29 is 21.5 Å². The molecule has 0 bridgehead atoms. The number of aliphatic hydroxyl groups is 1. The second-order valence-corrected chi connectivity index (χ2v) is 7.51. The van der Waals surface area contributed by atoms with Crippen LogP contribution >= 0.6 is 0 Å². The van der Waals surface area contributed by atoms with Crippen LogP contribution in [0.2, 0.25) is 0 Å². The van der Waals surface area contributed by atoms with Gasteiger partial charge in [0.05, 0.1) is 4.11 Å². The zero-order valence-corrected chi connectivity index (χ0v) is 15.7. The van der Waals surface area contributed by atoms with E-state index in [1.54, 1.807) is 20.8 Å². The Morgan fingerprint density at radius 3 is 2.58 bits per heavy atom. The van der Waals surface area contributed by atoms with E-state index in [1.807, 2.05) is 0 Å². The average Bonchev–Trinajstić information content (AvgIpc) is 2.61. The van der Waals surface area contributed by atoms with Crippen molar-refractivity contribution in [1.29, 1.82) is 0 Å². The molecule has 6 heteroatoms. The number of nitrogens with one attached hydrogen (secondary N) is 3. The lowest BCUT2D eigenvalue weighted by atomic mass is 9.96. The summed E-state index contributed by atoms with van der Waals surface area (Å²) in [5, 5.41) is 18.4. The highest BCUT2D eigenvalue weighted by molar-refractivity contribution is 5.89. The third-order valence-corrected chi connectivity index (χ3v) is 3.87. The predicted molar refractivity (Wildman–Crippen MR) is 105 cm³/mol. The van der Waals surface area contributed by atoms with Crippen LogP contribution in [0.5, 0.6) is 5.75 Å². The van der Waals surface area contributed by atoms with Gasteiger partial charge in [-0.3, -0.25) is 0 Å².